The fourth-order valence-corrected chi connectivity index (χ4v) is 2.98. The van der Waals surface area contributed by atoms with E-state index in [9.17, 15) is 4.79 Å². The number of nitrogens with zero attached hydrogens (tertiary/aromatic N) is 1. The lowest BCUT2D eigenvalue weighted by atomic mass is 10.0. The van der Waals surface area contributed by atoms with E-state index in [1.165, 1.54) is 43.5 Å². The van der Waals surface area contributed by atoms with Crippen molar-refractivity contribution < 1.29 is 9.90 Å². The molecule has 2 rings (SSSR count). The van der Waals surface area contributed by atoms with E-state index in [0.29, 0.717) is 6.54 Å². The molecule has 0 radical (unpaired) electrons. The molecule has 1 aromatic rings. The van der Waals surface area contributed by atoms with Gasteiger partial charge in [0.25, 0.3) is 0 Å². The molecule has 24 heavy (non-hydrogen) atoms. The maximum absolute atomic E-state index is 12.0. The fourth-order valence-electron chi connectivity index (χ4n) is 2.98. The Hall–Kier alpha value is -1.59. The van der Waals surface area contributed by atoms with Crippen LogP contribution >= 0.6 is 0 Å². The van der Waals surface area contributed by atoms with Gasteiger partial charge in [0.15, 0.2) is 0 Å². The maximum atomic E-state index is 12.0. The molecule has 1 aliphatic rings. The van der Waals surface area contributed by atoms with Crippen molar-refractivity contribution in [2.24, 2.45) is 5.92 Å². The van der Waals surface area contributed by atoms with E-state index in [-0.39, 0.29) is 24.6 Å². The summed E-state index contributed by atoms with van der Waals surface area (Å²) in [6.45, 7) is 7.70. The monoisotopic (exact) mass is 333 g/mol. The Labute approximate surface area is 145 Å². The zero-order chi connectivity index (χ0) is 17.4. The third-order valence-corrected chi connectivity index (χ3v) is 4.90. The van der Waals surface area contributed by atoms with Gasteiger partial charge in [-0.25, -0.2) is 4.79 Å². The number of piperidine rings is 1. The van der Waals surface area contributed by atoms with E-state index in [0.717, 1.165) is 6.54 Å². The zero-order valence-electron chi connectivity index (χ0n) is 14.9. The first-order valence-electron chi connectivity index (χ1n) is 9.04. The third kappa shape index (κ3) is 5.80. The minimum absolute atomic E-state index is 0.0436. The van der Waals surface area contributed by atoms with Crippen LogP contribution in [-0.4, -0.2) is 41.8 Å². The molecule has 1 aliphatic heterocycles. The van der Waals surface area contributed by atoms with Crippen LogP contribution in [0.4, 0.5) is 4.79 Å². The largest absolute Gasteiger partial charge is 0.396 e. The lowest BCUT2D eigenvalue weighted by molar-refractivity contribution is 0.200. The highest BCUT2D eigenvalue weighted by Crippen LogP contribution is 2.16. The summed E-state index contributed by atoms with van der Waals surface area (Å²) in [6.07, 6.45) is 3.90. The molecule has 134 valence electrons. The lowest BCUT2D eigenvalue weighted by Gasteiger charge is -2.27. The van der Waals surface area contributed by atoms with E-state index in [4.69, 9.17) is 5.11 Å². The summed E-state index contributed by atoms with van der Waals surface area (Å²) in [5.74, 6) is 0.0436. The molecule has 0 spiro atoms. The summed E-state index contributed by atoms with van der Waals surface area (Å²) in [6, 6.07) is 8.08. The predicted molar refractivity (Wildman–Crippen MR) is 96.7 cm³/mol. The van der Waals surface area contributed by atoms with Gasteiger partial charge in [-0.3, -0.25) is 4.90 Å². The third-order valence-electron chi connectivity index (χ3n) is 4.90. The first-order valence-corrected chi connectivity index (χ1v) is 9.04. The van der Waals surface area contributed by atoms with Crippen LogP contribution in [0.3, 0.4) is 0 Å². The number of nitrogens with one attached hydrogen (secondary N) is 2. The van der Waals surface area contributed by atoms with Crippen molar-refractivity contribution in [3.63, 3.8) is 0 Å². The van der Waals surface area contributed by atoms with Gasteiger partial charge in [0.2, 0.25) is 0 Å². The molecule has 0 bridgehead atoms. The van der Waals surface area contributed by atoms with Crippen molar-refractivity contribution in [2.75, 3.05) is 19.7 Å². The topological polar surface area (TPSA) is 64.6 Å². The molecule has 1 heterocycles. The first kappa shape index (κ1) is 18.7. The minimum Gasteiger partial charge on any atom is -0.396 e. The number of rotatable bonds is 7. The molecule has 1 saturated heterocycles. The van der Waals surface area contributed by atoms with E-state index < -0.39 is 0 Å². The number of aliphatic hydroxyl groups is 1. The number of aliphatic hydroxyl groups excluding tert-OH is 1. The van der Waals surface area contributed by atoms with Crippen LogP contribution in [0.5, 0.6) is 0 Å². The molecule has 1 aromatic carbocycles. The number of carbonyl (C=O) groups is 1. The van der Waals surface area contributed by atoms with Crippen LogP contribution < -0.4 is 10.6 Å². The van der Waals surface area contributed by atoms with Gasteiger partial charge < -0.3 is 15.7 Å². The second-order valence-electron chi connectivity index (χ2n) is 6.88. The van der Waals surface area contributed by atoms with Gasteiger partial charge in [0.1, 0.15) is 0 Å². The molecule has 5 heteroatoms. The molecular formula is C19H31N3O2. The number of carbonyl (C=O) groups excluding carboxylic acids is 1. The van der Waals surface area contributed by atoms with E-state index in [1.54, 1.807) is 0 Å². The SMILES string of the molecule is CC(CO)C(C)NC(=O)NCc1ccccc1CN1CCCCC1. The van der Waals surface area contributed by atoms with Crippen molar-refractivity contribution in [3.05, 3.63) is 35.4 Å². The summed E-state index contributed by atoms with van der Waals surface area (Å²) in [4.78, 5) is 14.5. The number of urea groups is 1. The average Bonchev–Trinajstić information content (AvgIpc) is 2.61. The lowest BCUT2D eigenvalue weighted by Crippen LogP contribution is -2.44. The Morgan fingerprint density at radius 2 is 1.83 bits per heavy atom. The predicted octanol–water partition coefficient (Wildman–Crippen LogP) is 2.49. The van der Waals surface area contributed by atoms with Crippen LogP contribution in [0, 0.1) is 5.92 Å². The fraction of sp³-hybridized carbons (Fsp3) is 0.632. The quantitative estimate of drug-likeness (QED) is 0.718. The highest BCUT2D eigenvalue weighted by molar-refractivity contribution is 5.74. The molecule has 1 fully saturated rings. The summed E-state index contributed by atoms with van der Waals surface area (Å²) in [7, 11) is 0. The summed E-state index contributed by atoms with van der Waals surface area (Å²) >= 11 is 0. The zero-order valence-corrected chi connectivity index (χ0v) is 14.9. The summed E-state index contributed by atoms with van der Waals surface area (Å²) in [5.41, 5.74) is 2.46. The van der Waals surface area contributed by atoms with Gasteiger partial charge >= 0.3 is 6.03 Å². The molecule has 0 aromatic heterocycles. The van der Waals surface area contributed by atoms with Gasteiger partial charge in [-0.15, -0.1) is 0 Å². The van der Waals surface area contributed by atoms with Crippen molar-refractivity contribution in [1.29, 1.82) is 0 Å². The Morgan fingerprint density at radius 1 is 1.17 bits per heavy atom. The van der Waals surface area contributed by atoms with Crippen LogP contribution in [0.2, 0.25) is 0 Å². The second kappa shape index (κ2) is 9.64. The van der Waals surface area contributed by atoms with Crippen molar-refractivity contribution in [1.82, 2.24) is 15.5 Å². The van der Waals surface area contributed by atoms with Crippen LogP contribution in [-0.2, 0) is 13.1 Å². The van der Waals surface area contributed by atoms with Gasteiger partial charge in [0, 0.05) is 25.7 Å². The Balaban J connectivity index is 1.86. The maximum Gasteiger partial charge on any atom is 0.315 e. The smallest absolute Gasteiger partial charge is 0.315 e. The Bertz CT molecular complexity index is 515. The van der Waals surface area contributed by atoms with Crippen LogP contribution in [0.25, 0.3) is 0 Å². The second-order valence-corrected chi connectivity index (χ2v) is 6.88. The molecule has 0 saturated carbocycles. The molecule has 3 N–H and O–H groups in total. The summed E-state index contributed by atoms with van der Waals surface area (Å²) in [5, 5.41) is 15.0. The average molecular weight is 333 g/mol. The molecule has 2 amide bonds. The molecule has 0 aliphatic carbocycles. The van der Waals surface area contributed by atoms with Crippen LogP contribution in [0.1, 0.15) is 44.2 Å². The minimum atomic E-state index is -0.185. The molecule has 2 atom stereocenters. The first-order chi connectivity index (χ1) is 11.6. The normalized spacial score (nSPS) is 18.0. The number of amides is 2. The number of hydrogen-bond donors (Lipinski definition) is 3. The Kier molecular flexibility index (Phi) is 7.53. The van der Waals surface area contributed by atoms with E-state index in [1.807, 2.05) is 19.9 Å². The Morgan fingerprint density at radius 3 is 2.50 bits per heavy atom. The number of hydrogen-bond acceptors (Lipinski definition) is 3. The number of likely N-dealkylation sites (tertiary alicyclic amines) is 1. The van der Waals surface area contributed by atoms with E-state index >= 15 is 0 Å². The van der Waals surface area contributed by atoms with Gasteiger partial charge in [-0.2, -0.15) is 0 Å². The van der Waals surface area contributed by atoms with Gasteiger partial charge in [-0.1, -0.05) is 37.6 Å². The van der Waals surface area contributed by atoms with Crippen molar-refractivity contribution in [2.45, 2.75) is 52.2 Å². The molecular weight excluding hydrogens is 302 g/mol. The highest BCUT2D eigenvalue weighted by Gasteiger charge is 2.15. The van der Waals surface area contributed by atoms with Crippen LogP contribution in [0.15, 0.2) is 24.3 Å². The van der Waals surface area contributed by atoms with Crippen molar-refractivity contribution >= 4 is 6.03 Å². The highest BCUT2D eigenvalue weighted by atomic mass is 16.3. The van der Waals surface area contributed by atoms with Gasteiger partial charge in [-0.05, 0) is 49.9 Å². The standard InChI is InChI=1S/C19H31N3O2/c1-15(14-23)16(2)21-19(24)20-12-17-8-4-5-9-18(17)13-22-10-6-3-7-11-22/h4-5,8-9,15-16,23H,3,6-7,10-14H2,1-2H3,(H2,20,21,24). The van der Waals surface area contributed by atoms with Crippen molar-refractivity contribution in [3.8, 4) is 0 Å². The summed E-state index contributed by atoms with van der Waals surface area (Å²) < 4.78 is 0. The number of benzene rings is 1. The van der Waals surface area contributed by atoms with Gasteiger partial charge in [0.05, 0.1) is 0 Å². The molecule has 2 unspecified atom stereocenters. The molecule has 5 nitrogen and oxygen atoms in total. The van der Waals surface area contributed by atoms with E-state index in [2.05, 4.69) is 33.7 Å².